The molecule has 160 valence electrons. The third kappa shape index (κ3) is 4.64. The molecule has 0 bridgehead atoms. The van der Waals surface area contributed by atoms with Gasteiger partial charge in [0, 0.05) is 24.7 Å². The van der Waals surface area contributed by atoms with Gasteiger partial charge in [0.15, 0.2) is 0 Å². The van der Waals surface area contributed by atoms with Crippen LogP contribution in [0.2, 0.25) is 0 Å². The third-order valence-electron chi connectivity index (χ3n) is 5.56. The molecule has 3 aromatic carbocycles. The fourth-order valence-corrected chi connectivity index (χ4v) is 5.49. The van der Waals surface area contributed by atoms with E-state index < -0.39 is 10.0 Å². The van der Waals surface area contributed by atoms with E-state index >= 15 is 0 Å². The number of fused-ring (bicyclic) bond motifs is 1. The second kappa shape index (κ2) is 8.55. The van der Waals surface area contributed by atoms with Gasteiger partial charge in [0.1, 0.15) is 0 Å². The van der Waals surface area contributed by atoms with Gasteiger partial charge >= 0.3 is 0 Å². The smallest absolute Gasteiger partial charge is 0.254 e. The molecule has 1 amide bonds. The predicted octanol–water partition coefficient (Wildman–Crippen LogP) is 4.24. The van der Waals surface area contributed by atoms with Crippen molar-refractivity contribution in [1.82, 2.24) is 4.90 Å². The maximum Gasteiger partial charge on any atom is 0.254 e. The van der Waals surface area contributed by atoms with Gasteiger partial charge in [0.2, 0.25) is 10.0 Å². The highest BCUT2D eigenvalue weighted by molar-refractivity contribution is 7.92. The first-order chi connectivity index (χ1) is 14.8. The minimum Gasteiger partial charge on any atom is -0.330 e. The van der Waals surface area contributed by atoms with Crippen LogP contribution in [-0.2, 0) is 29.5 Å². The zero-order valence-electron chi connectivity index (χ0n) is 17.7. The second-order valence-electron chi connectivity index (χ2n) is 8.09. The molecule has 0 aromatic heterocycles. The Bertz CT molecular complexity index is 1140. The van der Waals surface area contributed by atoms with Gasteiger partial charge in [-0.25, -0.2) is 8.42 Å². The van der Waals surface area contributed by atoms with Crippen molar-refractivity contribution in [1.29, 1.82) is 0 Å². The Labute approximate surface area is 184 Å². The number of sulfonamides is 1. The third-order valence-corrected chi connectivity index (χ3v) is 6.83. The Kier molecular flexibility index (Phi) is 5.83. The van der Waals surface area contributed by atoms with Crippen molar-refractivity contribution >= 4 is 21.6 Å². The van der Waals surface area contributed by atoms with Gasteiger partial charge in [-0.2, -0.15) is 0 Å². The van der Waals surface area contributed by atoms with Crippen LogP contribution in [0.1, 0.15) is 34.0 Å². The standard InChI is InChI=1S/C25H26N2O3S/c1-19-15-23-16-22(13-14-24(23)27(19)31(2,29)30)25(28)26(17-20-9-5-3-6-10-20)18-21-11-7-4-8-12-21/h3-14,16,19H,15,17-18H2,1-2H3/t19-/m1/s1. The first kappa shape index (κ1) is 21.1. The van der Waals surface area contributed by atoms with E-state index in [0.717, 1.165) is 16.7 Å². The quantitative estimate of drug-likeness (QED) is 0.583. The van der Waals surface area contributed by atoms with Gasteiger partial charge in [0.25, 0.3) is 5.91 Å². The molecule has 1 atom stereocenters. The molecule has 0 fully saturated rings. The number of amides is 1. The highest BCUT2D eigenvalue weighted by atomic mass is 32.2. The lowest BCUT2D eigenvalue weighted by atomic mass is 10.1. The van der Waals surface area contributed by atoms with Crippen molar-refractivity contribution in [2.75, 3.05) is 10.6 Å². The van der Waals surface area contributed by atoms with Crippen molar-refractivity contribution in [3.8, 4) is 0 Å². The SMILES string of the molecule is C[C@@H]1Cc2cc(C(=O)N(Cc3ccccc3)Cc3ccccc3)ccc2N1S(C)(=O)=O. The molecule has 3 aromatic rings. The molecule has 0 unspecified atom stereocenters. The Morgan fingerprint density at radius 2 is 1.48 bits per heavy atom. The van der Waals surface area contributed by atoms with E-state index in [1.54, 1.807) is 12.1 Å². The molecule has 0 saturated heterocycles. The summed E-state index contributed by atoms with van der Waals surface area (Å²) in [6.07, 6.45) is 1.82. The van der Waals surface area contributed by atoms with Crippen LogP contribution in [-0.4, -0.2) is 31.5 Å². The highest BCUT2D eigenvalue weighted by Gasteiger charge is 2.33. The summed E-state index contributed by atoms with van der Waals surface area (Å²) < 4.78 is 25.8. The molecule has 31 heavy (non-hydrogen) atoms. The number of benzene rings is 3. The van der Waals surface area contributed by atoms with E-state index in [0.29, 0.717) is 30.8 Å². The lowest BCUT2D eigenvalue weighted by molar-refractivity contribution is 0.0730. The van der Waals surface area contributed by atoms with Crippen LogP contribution in [0.5, 0.6) is 0 Å². The van der Waals surface area contributed by atoms with E-state index in [1.807, 2.05) is 78.6 Å². The normalized spacial score (nSPS) is 15.5. The van der Waals surface area contributed by atoms with Crippen LogP contribution in [0, 0.1) is 0 Å². The first-order valence-corrected chi connectivity index (χ1v) is 12.2. The van der Waals surface area contributed by atoms with E-state index in [1.165, 1.54) is 10.6 Å². The van der Waals surface area contributed by atoms with Gasteiger partial charge in [-0.1, -0.05) is 60.7 Å². The molecule has 0 N–H and O–H groups in total. The molecular formula is C25H26N2O3S. The second-order valence-corrected chi connectivity index (χ2v) is 9.95. The summed E-state index contributed by atoms with van der Waals surface area (Å²) in [6, 6.07) is 25.0. The summed E-state index contributed by atoms with van der Waals surface area (Å²) in [5.74, 6) is -0.0686. The largest absolute Gasteiger partial charge is 0.330 e. The highest BCUT2D eigenvalue weighted by Crippen LogP contribution is 2.35. The molecule has 1 aliphatic heterocycles. The molecule has 1 heterocycles. The van der Waals surface area contributed by atoms with Crippen LogP contribution in [0.15, 0.2) is 78.9 Å². The van der Waals surface area contributed by atoms with Gasteiger partial charge in [-0.05, 0) is 48.2 Å². The summed E-state index contributed by atoms with van der Waals surface area (Å²) >= 11 is 0. The van der Waals surface area contributed by atoms with Crippen molar-refractivity contribution in [2.45, 2.75) is 32.5 Å². The maximum atomic E-state index is 13.5. The Morgan fingerprint density at radius 3 is 2.00 bits per heavy atom. The zero-order chi connectivity index (χ0) is 22.0. The Balaban J connectivity index is 1.65. The molecule has 0 spiro atoms. The lowest BCUT2D eigenvalue weighted by Crippen LogP contribution is -2.34. The van der Waals surface area contributed by atoms with Crippen molar-refractivity contribution in [3.05, 3.63) is 101 Å². The van der Waals surface area contributed by atoms with Crippen LogP contribution in [0.3, 0.4) is 0 Å². The monoisotopic (exact) mass is 434 g/mol. The fourth-order valence-electron chi connectivity index (χ4n) is 4.23. The Morgan fingerprint density at radius 1 is 0.935 bits per heavy atom. The number of carbonyl (C=O) groups is 1. The van der Waals surface area contributed by atoms with Gasteiger partial charge in [-0.15, -0.1) is 0 Å². The van der Waals surface area contributed by atoms with E-state index in [4.69, 9.17) is 0 Å². The number of anilines is 1. The number of nitrogens with zero attached hydrogens (tertiary/aromatic N) is 2. The molecule has 4 rings (SSSR count). The topological polar surface area (TPSA) is 57.7 Å². The molecular weight excluding hydrogens is 408 g/mol. The summed E-state index contributed by atoms with van der Waals surface area (Å²) in [4.78, 5) is 15.3. The molecule has 0 radical (unpaired) electrons. The van der Waals surface area contributed by atoms with E-state index in [2.05, 4.69) is 0 Å². The molecule has 5 nitrogen and oxygen atoms in total. The van der Waals surface area contributed by atoms with Crippen LogP contribution in [0.4, 0.5) is 5.69 Å². The van der Waals surface area contributed by atoms with Crippen molar-refractivity contribution in [2.24, 2.45) is 0 Å². The average Bonchev–Trinajstić information content (AvgIpc) is 3.09. The predicted molar refractivity (Wildman–Crippen MR) is 123 cm³/mol. The number of hydrogen-bond acceptors (Lipinski definition) is 3. The van der Waals surface area contributed by atoms with Crippen molar-refractivity contribution in [3.63, 3.8) is 0 Å². The first-order valence-electron chi connectivity index (χ1n) is 10.3. The van der Waals surface area contributed by atoms with Crippen molar-refractivity contribution < 1.29 is 13.2 Å². The number of rotatable bonds is 6. The van der Waals surface area contributed by atoms with Crippen LogP contribution in [0.25, 0.3) is 0 Å². The summed E-state index contributed by atoms with van der Waals surface area (Å²) in [7, 11) is -3.36. The van der Waals surface area contributed by atoms with Crippen LogP contribution < -0.4 is 4.31 Å². The molecule has 6 heteroatoms. The molecule has 0 aliphatic carbocycles. The minimum absolute atomic E-state index is 0.0686. The Hall–Kier alpha value is -3.12. The molecule has 0 saturated carbocycles. The van der Waals surface area contributed by atoms with Gasteiger partial charge in [0.05, 0.1) is 11.9 Å². The number of carbonyl (C=O) groups excluding carboxylic acids is 1. The number of hydrogen-bond donors (Lipinski definition) is 0. The average molecular weight is 435 g/mol. The minimum atomic E-state index is -3.36. The van der Waals surface area contributed by atoms with Crippen LogP contribution >= 0.6 is 0 Å². The molecule has 1 aliphatic rings. The summed E-state index contributed by atoms with van der Waals surface area (Å²) in [6.45, 7) is 2.88. The van der Waals surface area contributed by atoms with E-state index in [-0.39, 0.29) is 11.9 Å². The zero-order valence-corrected chi connectivity index (χ0v) is 18.5. The fraction of sp³-hybridized carbons (Fsp3) is 0.240. The van der Waals surface area contributed by atoms with Gasteiger partial charge in [-0.3, -0.25) is 9.10 Å². The van der Waals surface area contributed by atoms with Gasteiger partial charge < -0.3 is 4.90 Å². The lowest BCUT2D eigenvalue weighted by Gasteiger charge is -2.24. The van der Waals surface area contributed by atoms with E-state index in [9.17, 15) is 13.2 Å². The maximum absolute atomic E-state index is 13.5. The summed E-state index contributed by atoms with van der Waals surface area (Å²) in [5, 5.41) is 0. The summed E-state index contributed by atoms with van der Waals surface area (Å²) in [5.41, 5.74) is 4.26.